The summed E-state index contributed by atoms with van der Waals surface area (Å²) in [6.07, 6.45) is 5.01. The highest BCUT2D eigenvalue weighted by atomic mass is 16.3. The fourth-order valence-electron chi connectivity index (χ4n) is 2.96. The molecule has 1 aromatic rings. The van der Waals surface area contributed by atoms with E-state index in [4.69, 9.17) is 5.11 Å². The lowest BCUT2D eigenvalue weighted by atomic mass is 9.98. The van der Waals surface area contributed by atoms with Gasteiger partial charge in [-0.3, -0.25) is 9.69 Å². The van der Waals surface area contributed by atoms with Crippen LogP contribution in [0.1, 0.15) is 48.0 Å². The van der Waals surface area contributed by atoms with Gasteiger partial charge in [-0.2, -0.15) is 0 Å². The van der Waals surface area contributed by atoms with Crippen molar-refractivity contribution in [2.45, 2.75) is 45.1 Å². The number of hydrogen-bond donors (Lipinski definition) is 1. The molecule has 1 aliphatic heterocycles. The van der Waals surface area contributed by atoms with Crippen LogP contribution in [0.2, 0.25) is 0 Å². The summed E-state index contributed by atoms with van der Waals surface area (Å²) in [6, 6.07) is 8.27. The average Bonchev–Trinajstić information content (AvgIpc) is 2.47. The van der Waals surface area contributed by atoms with E-state index in [0.29, 0.717) is 12.5 Å². The van der Waals surface area contributed by atoms with E-state index in [2.05, 4.69) is 4.90 Å². The van der Waals surface area contributed by atoms with Crippen molar-refractivity contribution in [1.82, 2.24) is 4.90 Å². The Hall–Kier alpha value is -1.19. The summed E-state index contributed by atoms with van der Waals surface area (Å²) in [4.78, 5) is 14.6. The van der Waals surface area contributed by atoms with E-state index in [1.807, 2.05) is 31.2 Å². The number of benzene rings is 1. The van der Waals surface area contributed by atoms with Crippen molar-refractivity contribution in [3.63, 3.8) is 0 Å². The quantitative estimate of drug-likeness (QED) is 0.812. The second-order valence-electron chi connectivity index (χ2n) is 5.74. The zero-order valence-corrected chi connectivity index (χ0v) is 12.3. The molecular formula is C17H25NO2. The van der Waals surface area contributed by atoms with Crippen molar-refractivity contribution in [2.75, 3.05) is 19.7 Å². The molecule has 0 spiro atoms. The van der Waals surface area contributed by atoms with Gasteiger partial charge in [0.2, 0.25) is 0 Å². The first kappa shape index (κ1) is 15.2. The van der Waals surface area contributed by atoms with Crippen LogP contribution in [0.3, 0.4) is 0 Å². The van der Waals surface area contributed by atoms with Crippen molar-refractivity contribution in [1.29, 1.82) is 0 Å². The highest BCUT2D eigenvalue weighted by Gasteiger charge is 2.22. The van der Waals surface area contributed by atoms with Crippen LogP contribution in [0.4, 0.5) is 0 Å². The molecule has 3 nitrogen and oxygen atoms in total. The van der Waals surface area contributed by atoms with E-state index in [0.717, 1.165) is 31.5 Å². The van der Waals surface area contributed by atoms with Crippen molar-refractivity contribution in [2.24, 2.45) is 0 Å². The maximum Gasteiger partial charge on any atom is 0.164 e. The molecule has 1 N–H and O–H groups in total. The number of carbonyl (C=O) groups is 1. The fourth-order valence-corrected chi connectivity index (χ4v) is 2.96. The average molecular weight is 275 g/mol. The van der Waals surface area contributed by atoms with Gasteiger partial charge in [-0.15, -0.1) is 0 Å². The van der Waals surface area contributed by atoms with Crippen molar-refractivity contribution in [3.05, 3.63) is 35.4 Å². The Morgan fingerprint density at radius 3 is 2.75 bits per heavy atom. The van der Waals surface area contributed by atoms with Gasteiger partial charge in [-0.25, -0.2) is 0 Å². The topological polar surface area (TPSA) is 40.5 Å². The molecule has 110 valence electrons. The normalized spacial score (nSPS) is 20.0. The third-order valence-electron chi connectivity index (χ3n) is 4.21. The number of nitrogens with zero attached hydrogens (tertiary/aromatic N) is 1. The molecule has 1 atom stereocenters. The van der Waals surface area contributed by atoms with Crippen LogP contribution < -0.4 is 0 Å². The van der Waals surface area contributed by atoms with E-state index in [1.165, 1.54) is 18.4 Å². The fraction of sp³-hybridized carbons (Fsp3) is 0.588. The number of hydrogen-bond acceptors (Lipinski definition) is 3. The second kappa shape index (κ2) is 7.55. The Morgan fingerprint density at radius 1 is 1.30 bits per heavy atom. The molecule has 0 aromatic heterocycles. The van der Waals surface area contributed by atoms with Gasteiger partial charge in [-0.1, -0.05) is 36.2 Å². The molecule has 3 heteroatoms. The molecule has 1 heterocycles. The Kier molecular flexibility index (Phi) is 5.74. The lowest BCUT2D eigenvalue weighted by molar-refractivity contribution is 0.0896. The Balaban J connectivity index is 1.86. The number of ketones is 1. The standard InChI is InChI=1S/C17H25NO2/c1-14-5-7-15(8-6-14)17(20)9-12-18-11-3-2-4-16(18)10-13-19/h5-8,16,19H,2-4,9-13H2,1H3. The molecule has 20 heavy (non-hydrogen) atoms. The summed E-state index contributed by atoms with van der Waals surface area (Å²) in [7, 11) is 0. The van der Waals surface area contributed by atoms with Crippen LogP contribution in [0.5, 0.6) is 0 Å². The summed E-state index contributed by atoms with van der Waals surface area (Å²) in [5.74, 6) is 0.221. The van der Waals surface area contributed by atoms with E-state index >= 15 is 0 Å². The molecule has 1 aromatic carbocycles. The predicted octanol–water partition coefficient (Wildman–Crippen LogP) is 2.80. The highest BCUT2D eigenvalue weighted by molar-refractivity contribution is 5.96. The van der Waals surface area contributed by atoms with Crippen LogP contribution in [-0.4, -0.2) is 41.5 Å². The van der Waals surface area contributed by atoms with Gasteiger partial charge < -0.3 is 5.11 Å². The van der Waals surface area contributed by atoms with Crippen molar-refractivity contribution in [3.8, 4) is 0 Å². The lowest BCUT2D eigenvalue weighted by Gasteiger charge is -2.35. The number of likely N-dealkylation sites (tertiary alicyclic amines) is 1. The number of carbonyl (C=O) groups excluding carboxylic acids is 1. The zero-order chi connectivity index (χ0) is 14.4. The third kappa shape index (κ3) is 4.15. The monoisotopic (exact) mass is 275 g/mol. The van der Waals surface area contributed by atoms with Gasteiger partial charge in [0.25, 0.3) is 0 Å². The Labute approximate surface area is 121 Å². The molecule has 0 aliphatic carbocycles. The van der Waals surface area contributed by atoms with E-state index < -0.39 is 0 Å². The Morgan fingerprint density at radius 2 is 2.05 bits per heavy atom. The molecule has 1 saturated heterocycles. The van der Waals surface area contributed by atoms with Crippen molar-refractivity contribution < 1.29 is 9.90 Å². The number of aliphatic hydroxyl groups is 1. The van der Waals surface area contributed by atoms with E-state index in [1.54, 1.807) is 0 Å². The van der Waals surface area contributed by atoms with Gasteiger partial charge in [0.15, 0.2) is 5.78 Å². The number of piperidine rings is 1. The van der Waals surface area contributed by atoms with E-state index in [9.17, 15) is 4.79 Å². The Bertz CT molecular complexity index is 425. The highest BCUT2D eigenvalue weighted by Crippen LogP contribution is 2.20. The third-order valence-corrected chi connectivity index (χ3v) is 4.21. The summed E-state index contributed by atoms with van der Waals surface area (Å²) >= 11 is 0. The van der Waals surface area contributed by atoms with Gasteiger partial charge >= 0.3 is 0 Å². The molecule has 0 bridgehead atoms. The molecule has 1 aliphatic rings. The minimum atomic E-state index is 0.221. The smallest absolute Gasteiger partial charge is 0.164 e. The van der Waals surface area contributed by atoms with Gasteiger partial charge in [0.05, 0.1) is 0 Å². The summed E-state index contributed by atoms with van der Waals surface area (Å²) in [6.45, 7) is 4.15. The molecular weight excluding hydrogens is 250 g/mol. The maximum atomic E-state index is 12.2. The first-order valence-corrected chi connectivity index (χ1v) is 7.65. The molecule has 1 unspecified atom stereocenters. The molecule has 1 fully saturated rings. The SMILES string of the molecule is Cc1ccc(C(=O)CCN2CCCCC2CCO)cc1. The number of Topliss-reactive ketones (excluding diaryl/α,β-unsaturated/α-hetero) is 1. The van der Waals surface area contributed by atoms with Gasteiger partial charge in [-0.05, 0) is 32.7 Å². The maximum absolute atomic E-state index is 12.2. The minimum Gasteiger partial charge on any atom is -0.396 e. The van der Waals surface area contributed by atoms with E-state index in [-0.39, 0.29) is 12.4 Å². The van der Waals surface area contributed by atoms with Gasteiger partial charge in [0, 0.05) is 31.2 Å². The van der Waals surface area contributed by atoms with Crippen LogP contribution in [0.25, 0.3) is 0 Å². The minimum absolute atomic E-state index is 0.221. The molecule has 0 amide bonds. The van der Waals surface area contributed by atoms with Crippen LogP contribution >= 0.6 is 0 Å². The van der Waals surface area contributed by atoms with Crippen LogP contribution in [0.15, 0.2) is 24.3 Å². The number of rotatable bonds is 6. The first-order valence-electron chi connectivity index (χ1n) is 7.65. The second-order valence-corrected chi connectivity index (χ2v) is 5.74. The molecule has 0 radical (unpaired) electrons. The molecule has 2 rings (SSSR count). The van der Waals surface area contributed by atoms with Crippen LogP contribution in [-0.2, 0) is 0 Å². The van der Waals surface area contributed by atoms with Crippen LogP contribution in [0, 0.1) is 6.92 Å². The summed E-state index contributed by atoms with van der Waals surface area (Å²) < 4.78 is 0. The lowest BCUT2D eigenvalue weighted by Crippen LogP contribution is -2.41. The van der Waals surface area contributed by atoms with Gasteiger partial charge in [0.1, 0.15) is 0 Å². The first-order chi connectivity index (χ1) is 9.70. The zero-order valence-electron chi connectivity index (χ0n) is 12.3. The number of aryl methyl sites for hydroxylation is 1. The predicted molar refractivity (Wildman–Crippen MR) is 81.0 cm³/mol. The molecule has 0 saturated carbocycles. The summed E-state index contributed by atoms with van der Waals surface area (Å²) in [5.41, 5.74) is 1.99. The van der Waals surface area contributed by atoms with Crippen molar-refractivity contribution >= 4 is 5.78 Å². The number of aliphatic hydroxyl groups excluding tert-OH is 1. The summed E-state index contributed by atoms with van der Waals surface area (Å²) in [5, 5.41) is 9.12. The largest absolute Gasteiger partial charge is 0.396 e.